The largest absolute Gasteiger partial charge is 0.278 e. The van der Waals surface area contributed by atoms with Gasteiger partial charge in [-0.05, 0) is 30.3 Å². The first-order chi connectivity index (χ1) is 11.0. The summed E-state index contributed by atoms with van der Waals surface area (Å²) in [5.74, 6) is 0. The first kappa shape index (κ1) is 15.3. The molecule has 23 heavy (non-hydrogen) atoms. The van der Waals surface area contributed by atoms with Gasteiger partial charge in [0.25, 0.3) is 10.0 Å². The van der Waals surface area contributed by atoms with Crippen molar-refractivity contribution in [2.75, 3.05) is 4.72 Å². The van der Waals surface area contributed by atoms with Gasteiger partial charge in [0, 0.05) is 28.2 Å². The van der Waals surface area contributed by atoms with E-state index >= 15 is 0 Å². The van der Waals surface area contributed by atoms with Crippen LogP contribution in [0.15, 0.2) is 59.8 Å². The SMILES string of the molecule is N#Cc1ccc(Cl)cc1NS(=O)(=O)c1cccc2cnccc12. The molecule has 3 aromatic rings. The summed E-state index contributed by atoms with van der Waals surface area (Å²) in [5, 5.41) is 10.7. The molecule has 2 aromatic carbocycles. The van der Waals surface area contributed by atoms with E-state index in [0.717, 1.165) is 0 Å². The number of nitrogens with one attached hydrogen (secondary N) is 1. The predicted molar refractivity (Wildman–Crippen MR) is 88.7 cm³/mol. The Bertz CT molecular complexity index is 1040. The van der Waals surface area contributed by atoms with Crippen LogP contribution in [0.25, 0.3) is 10.8 Å². The second-order valence-electron chi connectivity index (χ2n) is 4.76. The summed E-state index contributed by atoms with van der Waals surface area (Å²) in [7, 11) is -3.88. The van der Waals surface area contributed by atoms with Crippen molar-refractivity contribution >= 4 is 38.1 Å². The van der Waals surface area contributed by atoms with Gasteiger partial charge in [-0.2, -0.15) is 5.26 Å². The molecule has 0 aliphatic heterocycles. The number of hydrogen-bond donors (Lipinski definition) is 1. The Labute approximate surface area is 138 Å². The minimum Gasteiger partial charge on any atom is -0.278 e. The fourth-order valence-electron chi connectivity index (χ4n) is 2.23. The molecule has 114 valence electrons. The number of rotatable bonds is 3. The molecule has 0 spiro atoms. The number of aromatic nitrogens is 1. The quantitative estimate of drug-likeness (QED) is 0.788. The molecular weight excluding hydrogens is 334 g/mol. The van der Waals surface area contributed by atoms with E-state index in [4.69, 9.17) is 16.9 Å². The van der Waals surface area contributed by atoms with Gasteiger partial charge in [-0.1, -0.05) is 23.7 Å². The van der Waals surface area contributed by atoms with Crippen molar-refractivity contribution in [1.29, 1.82) is 5.26 Å². The summed E-state index contributed by atoms with van der Waals surface area (Å²) in [4.78, 5) is 4.10. The van der Waals surface area contributed by atoms with Crippen molar-refractivity contribution < 1.29 is 8.42 Å². The second kappa shape index (κ2) is 5.88. The zero-order valence-corrected chi connectivity index (χ0v) is 13.3. The number of benzene rings is 2. The van der Waals surface area contributed by atoms with Crippen molar-refractivity contribution in [1.82, 2.24) is 4.98 Å². The molecule has 3 rings (SSSR count). The summed E-state index contributed by atoms with van der Waals surface area (Å²) in [6, 6.07) is 12.9. The third-order valence-electron chi connectivity index (χ3n) is 3.28. The summed E-state index contributed by atoms with van der Waals surface area (Å²) in [6.07, 6.45) is 3.12. The van der Waals surface area contributed by atoms with Gasteiger partial charge in [0.15, 0.2) is 0 Å². The number of anilines is 1. The van der Waals surface area contributed by atoms with Crippen molar-refractivity contribution in [3.05, 3.63) is 65.4 Å². The van der Waals surface area contributed by atoms with Crippen LogP contribution in [-0.4, -0.2) is 13.4 Å². The van der Waals surface area contributed by atoms with E-state index in [1.165, 1.54) is 30.5 Å². The van der Waals surface area contributed by atoms with Gasteiger partial charge >= 0.3 is 0 Å². The van der Waals surface area contributed by atoms with Gasteiger partial charge in [-0.25, -0.2) is 8.42 Å². The van der Waals surface area contributed by atoms with Gasteiger partial charge < -0.3 is 0 Å². The summed E-state index contributed by atoms with van der Waals surface area (Å²) in [6.45, 7) is 0. The monoisotopic (exact) mass is 343 g/mol. The molecule has 0 aliphatic carbocycles. The molecule has 1 heterocycles. The first-order valence-electron chi connectivity index (χ1n) is 6.56. The highest BCUT2D eigenvalue weighted by molar-refractivity contribution is 7.93. The van der Waals surface area contributed by atoms with Crippen LogP contribution in [-0.2, 0) is 10.0 Å². The van der Waals surface area contributed by atoms with Gasteiger partial charge in [-0.3, -0.25) is 9.71 Å². The van der Waals surface area contributed by atoms with Crippen LogP contribution in [0.1, 0.15) is 5.56 Å². The zero-order valence-electron chi connectivity index (χ0n) is 11.7. The average Bonchev–Trinajstić information content (AvgIpc) is 2.54. The molecule has 7 heteroatoms. The lowest BCUT2D eigenvalue weighted by Crippen LogP contribution is -2.14. The fraction of sp³-hybridized carbons (Fsp3) is 0. The Morgan fingerprint density at radius 2 is 2.00 bits per heavy atom. The molecule has 0 atom stereocenters. The summed E-state index contributed by atoms with van der Waals surface area (Å²) >= 11 is 5.89. The number of nitriles is 1. The van der Waals surface area contributed by atoms with E-state index in [9.17, 15) is 8.42 Å². The van der Waals surface area contributed by atoms with Crippen LogP contribution < -0.4 is 4.72 Å². The van der Waals surface area contributed by atoms with Gasteiger partial charge in [0.1, 0.15) is 6.07 Å². The number of pyridine rings is 1. The molecule has 0 radical (unpaired) electrons. The van der Waals surface area contributed by atoms with Crippen LogP contribution in [0, 0.1) is 11.3 Å². The predicted octanol–water partition coefficient (Wildman–Crippen LogP) is 3.56. The standard InChI is InChI=1S/C16H10ClN3O2S/c17-13-5-4-11(9-18)15(8-13)20-23(21,22)16-3-1-2-12-10-19-7-6-14(12)16/h1-8,10,20H. The second-order valence-corrected chi connectivity index (χ2v) is 6.85. The normalized spacial score (nSPS) is 11.1. The number of halogens is 1. The molecule has 0 saturated heterocycles. The minimum absolute atomic E-state index is 0.112. The van der Waals surface area contributed by atoms with E-state index in [0.29, 0.717) is 15.8 Å². The van der Waals surface area contributed by atoms with E-state index < -0.39 is 10.0 Å². The average molecular weight is 344 g/mol. The summed E-state index contributed by atoms with van der Waals surface area (Å²) < 4.78 is 27.9. The lowest BCUT2D eigenvalue weighted by Gasteiger charge is -2.11. The molecule has 5 nitrogen and oxygen atoms in total. The highest BCUT2D eigenvalue weighted by atomic mass is 35.5. The molecule has 1 aromatic heterocycles. The summed E-state index contributed by atoms with van der Waals surface area (Å²) in [5.41, 5.74) is 0.339. The molecule has 0 saturated carbocycles. The topological polar surface area (TPSA) is 82.9 Å². The molecule has 1 N–H and O–H groups in total. The first-order valence-corrected chi connectivity index (χ1v) is 8.42. The van der Waals surface area contributed by atoms with E-state index in [1.54, 1.807) is 24.4 Å². The zero-order chi connectivity index (χ0) is 16.4. The third kappa shape index (κ3) is 2.97. The van der Waals surface area contributed by atoms with Gasteiger partial charge in [0.05, 0.1) is 16.1 Å². The van der Waals surface area contributed by atoms with E-state index in [1.807, 2.05) is 6.07 Å². The maximum absolute atomic E-state index is 12.7. The Balaban J connectivity index is 2.13. The Morgan fingerprint density at radius 3 is 2.78 bits per heavy atom. The van der Waals surface area contributed by atoms with Crippen LogP contribution >= 0.6 is 11.6 Å². The van der Waals surface area contributed by atoms with E-state index in [2.05, 4.69) is 9.71 Å². The van der Waals surface area contributed by atoms with Crippen molar-refractivity contribution in [2.24, 2.45) is 0 Å². The molecule has 0 fully saturated rings. The smallest absolute Gasteiger partial charge is 0.262 e. The highest BCUT2D eigenvalue weighted by Crippen LogP contribution is 2.27. The van der Waals surface area contributed by atoms with Crippen LogP contribution in [0.2, 0.25) is 5.02 Å². The van der Waals surface area contributed by atoms with Crippen LogP contribution in [0.3, 0.4) is 0 Å². The number of nitrogens with zero attached hydrogens (tertiary/aromatic N) is 2. The molecule has 0 bridgehead atoms. The lowest BCUT2D eigenvalue weighted by molar-refractivity contribution is 0.602. The van der Waals surface area contributed by atoms with E-state index in [-0.39, 0.29) is 16.1 Å². The number of hydrogen-bond acceptors (Lipinski definition) is 4. The minimum atomic E-state index is -3.88. The van der Waals surface area contributed by atoms with Crippen molar-refractivity contribution in [2.45, 2.75) is 4.90 Å². The lowest BCUT2D eigenvalue weighted by atomic mass is 10.2. The number of fused-ring (bicyclic) bond motifs is 1. The fourth-order valence-corrected chi connectivity index (χ4v) is 3.70. The Morgan fingerprint density at radius 1 is 1.17 bits per heavy atom. The maximum Gasteiger partial charge on any atom is 0.262 e. The van der Waals surface area contributed by atoms with Crippen molar-refractivity contribution in [3.8, 4) is 6.07 Å². The van der Waals surface area contributed by atoms with Gasteiger partial charge in [-0.15, -0.1) is 0 Å². The highest BCUT2D eigenvalue weighted by Gasteiger charge is 2.19. The van der Waals surface area contributed by atoms with Crippen LogP contribution in [0.4, 0.5) is 5.69 Å². The van der Waals surface area contributed by atoms with Crippen molar-refractivity contribution in [3.63, 3.8) is 0 Å². The molecule has 0 unspecified atom stereocenters. The van der Waals surface area contributed by atoms with Crippen LogP contribution in [0.5, 0.6) is 0 Å². The third-order valence-corrected chi connectivity index (χ3v) is 4.94. The number of sulfonamides is 1. The van der Waals surface area contributed by atoms with Gasteiger partial charge in [0.2, 0.25) is 0 Å². The maximum atomic E-state index is 12.7. The Kier molecular flexibility index (Phi) is 3.90. The molecule has 0 amide bonds. The Hall–Kier alpha value is -2.62. The molecular formula is C16H10ClN3O2S. The molecule has 0 aliphatic rings.